The van der Waals surface area contributed by atoms with Gasteiger partial charge in [0.15, 0.2) is 6.29 Å². The molecule has 33 heavy (non-hydrogen) atoms. The van der Waals surface area contributed by atoms with Gasteiger partial charge in [-0.2, -0.15) is 0 Å². The SMILES string of the molecule is O=C1CCC(NC(=O)c2ccc(N3CCC(COC4CCCCO4)CC3)cc2CO)C(=O)N1. The van der Waals surface area contributed by atoms with Crippen LogP contribution in [0.4, 0.5) is 5.69 Å². The molecule has 3 aliphatic rings. The lowest BCUT2D eigenvalue weighted by molar-refractivity contribution is -0.169. The van der Waals surface area contributed by atoms with Gasteiger partial charge in [-0.15, -0.1) is 0 Å². The molecule has 2 atom stereocenters. The smallest absolute Gasteiger partial charge is 0.252 e. The molecular formula is C24H33N3O6. The summed E-state index contributed by atoms with van der Waals surface area (Å²) in [4.78, 5) is 38.2. The highest BCUT2D eigenvalue weighted by atomic mass is 16.7. The van der Waals surface area contributed by atoms with Crippen LogP contribution in [0.15, 0.2) is 18.2 Å². The number of hydrogen-bond donors (Lipinski definition) is 3. The van der Waals surface area contributed by atoms with Crippen LogP contribution in [-0.4, -0.2) is 61.5 Å². The monoisotopic (exact) mass is 459 g/mol. The van der Waals surface area contributed by atoms with Gasteiger partial charge in [-0.3, -0.25) is 19.7 Å². The number of ether oxygens (including phenoxy) is 2. The van der Waals surface area contributed by atoms with Crippen LogP contribution in [0.3, 0.4) is 0 Å². The van der Waals surface area contributed by atoms with Gasteiger partial charge in [-0.25, -0.2) is 0 Å². The van der Waals surface area contributed by atoms with Gasteiger partial charge in [0, 0.05) is 37.4 Å². The topological polar surface area (TPSA) is 117 Å². The molecule has 3 heterocycles. The van der Waals surface area contributed by atoms with Crippen molar-refractivity contribution in [2.24, 2.45) is 5.92 Å². The van der Waals surface area contributed by atoms with Crippen LogP contribution < -0.4 is 15.5 Å². The second-order valence-electron chi connectivity index (χ2n) is 9.04. The lowest BCUT2D eigenvalue weighted by atomic mass is 9.96. The minimum atomic E-state index is -0.748. The van der Waals surface area contributed by atoms with Gasteiger partial charge in [0.05, 0.1) is 13.2 Å². The summed E-state index contributed by atoms with van der Waals surface area (Å²) < 4.78 is 11.6. The van der Waals surface area contributed by atoms with Crippen LogP contribution in [-0.2, 0) is 25.7 Å². The average Bonchev–Trinajstić information content (AvgIpc) is 2.85. The summed E-state index contributed by atoms with van der Waals surface area (Å²) >= 11 is 0. The maximum Gasteiger partial charge on any atom is 0.252 e. The summed E-state index contributed by atoms with van der Waals surface area (Å²) in [5, 5.41) is 14.8. The number of piperidine rings is 2. The number of imide groups is 1. The Kier molecular flexibility index (Phi) is 7.95. The van der Waals surface area contributed by atoms with Crippen molar-refractivity contribution in [2.45, 2.75) is 63.9 Å². The van der Waals surface area contributed by atoms with E-state index in [0.29, 0.717) is 17.0 Å². The average molecular weight is 460 g/mol. The highest BCUT2D eigenvalue weighted by molar-refractivity contribution is 6.04. The van der Waals surface area contributed by atoms with Gasteiger partial charge in [-0.1, -0.05) is 0 Å². The summed E-state index contributed by atoms with van der Waals surface area (Å²) in [5.41, 5.74) is 1.81. The third kappa shape index (κ3) is 6.10. The van der Waals surface area contributed by atoms with E-state index in [0.717, 1.165) is 64.1 Å². The number of aliphatic hydroxyl groups is 1. The number of aliphatic hydroxyl groups excluding tert-OH is 1. The number of nitrogens with one attached hydrogen (secondary N) is 2. The van der Waals surface area contributed by atoms with Crippen molar-refractivity contribution >= 4 is 23.4 Å². The lowest BCUT2D eigenvalue weighted by Gasteiger charge is -2.34. The predicted octanol–water partition coefficient (Wildman–Crippen LogP) is 1.47. The first-order valence-electron chi connectivity index (χ1n) is 11.9. The van der Waals surface area contributed by atoms with E-state index in [1.54, 1.807) is 6.07 Å². The Bertz CT molecular complexity index is 862. The van der Waals surface area contributed by atoms with Crippen molar-refractivity contribution in [3.63, 3.8) is 0 Å². The zero-order chi connectivity index (χ0) is 23.2. The molecule has 0 bridgehead atoms. The number of benzene rings is 1. The molecule has 180 valence electrons. The van der Waals surface area contributed by atoms with Gasteiger partial charge >= 0.3 is 0 Å². The van der Waals surface area contributed by atoms with Crippen molar-refractivity contribution in [3.8, 4) is 0 Å². The van der Waals surface area contributed by atoms with E-state index in [-0.39, 0.29) is 31.6 Å². The molecule has 3 N–H and O–H groups in total. The quantitative estimate of drug-likeness (QED) is 0.529. The number of amides is 3. The van der Waals surface area contributed by atoms with Crippen molar-refractivity contribution in [2.75, 3.05) is 31.2 Å². The van der Waals surface area contributed by atoms with Crippen LogP contribution in [0, 0.1) is 5.92 Å². The van der Waals surface area contributed by atoms with Crippen molar-refractivity contribution in [3.05, 3.63) is 29.3 Å². The number of rotatable bonds is 7. The van der Waals surface area contributed by atoms with Gasteiger partial charge in [-0.05, 0) is 68.2 Å². The van der Waals surface area contributed by atoms with Gasteiger partial charge < -0.3 is 24.8 Å². The van der Waals surface area contributed by atoms with E-state index in [2.05, 4.69) is 15.5 Å². The molecule has 0 saturated carbocycles. The highest BCUT2D eigenvalue weighted by Crippen LogP contribution is 2.27. The molecule has 3 aliphatic heterocycles. The third-order valence-corrected chi connectivity index (χ3v) is 6.68. The minimum Gasteiger partial charge on any atom is -0.392 e. The maximum absolute atomic E-state index is 12.7. The molecular weight excluding hydrogens is 426 g/mol. The van der Waals surface area contributed by atoms with E-state index < -0.39 is 17.9 Å². The molecule has 4 rings (SSSR count). The van der Waals surface area contributed by atoms with Gasteiger partial charge in [0.2, 0.25) is 11.8 Å². The Morgan fingerprint density at radius 2 is 2.00 bits per heavy atom. The first kappa shape index (κ1) is 23.7. The Labute approximate surface area is 193 Å². The first-order valence-corrected chi connectivity index (χ1v) is 11.9. The summed E-state index contributed by atoms with van der Waals surface area (Å²) in [6, 6.07) is 4.66. The van der Waals surface area contributed by atoms with E-state index in [1.165, 1.54) is 0 Å². The summed E-state index contributed by atoms with van der Waals surface area (Å²) in [6.07, 6.45) is 5.70. The van der Waals surface area contributed by atoms with Crippen molar-refractivity contribution in [1.82, 2.24) is 10.6 Å². The van der Waals surface area contributed by atoms with E-state index in [1.807, 2.05) is 12.1 Å². The molecule has 1 aromatic rings. The second kappa shape index (κ2) is 11.1. The number of carbonyl (C=O) groups is 3. The molecule has 0 aromatic heterocycles. The van der Waals surface area contributed by atoms with Crippen LogP contribution >= 0.6 is 0 Å². The Morgan fingerprint density at radius 3 is 2.70 bits per heavy atom. The van der Waals surface area contributed by atoms with E-state index >= 15 is 0 Å². The summed E-state index contributed by atoms with van der Waals surface area (Å²) in [5.74, 6) is -0.754. The van der Waals surface area contributed by atoms with Crippen LogP contribution in [0.5, 0.6) is 0 Å². The normalized spacial score (nSPS) is 24.5. The zero-order valence-corrected chi connectivity index (χ0v) is 18.9. The summed E-state index contributed by atoms with van der Waals surface area (Å²) in [7, 11) is 0. The molecule has 9 nitrogen and oxygen atoms in total. The largest absolute Gasteiger partial charge is 0.392 e. The van der Waals surface area contributed by atoms with Crippen LogP contribution in [0.2, 0.25) is 0 Å². The fourth-order valence-corrected chi connectivity index (χ4v) is 4.64. The fourth-order valence-electron chi connectivity index (χ4n) is 4.64. The highest BCUT2D eigenvalue weighted by Gasteiger charge is 2.29. The van der Waals surface area contributed by atoms with Crippen LogP contribution in [0.1, 0.15) is 60.9 Å². The Hall–Kier alpha value is -2.49. The minimum absolute atomic E-state index is 0.0530. The van der Waals surface area contributed by atoms with E-state index in [4.69, 9.17) is 9.47 Å². The Morgan fingerprint density at radius 1 is 1.18 bits per heavy atom. The molecule has 3 saturated heterocycles. The molecule has 2 unspecified atom stereocenters. The first-order chi connectivity index (χ1) is 16.0. The standard InChI is InChI=1S/C24H33N3O6/c28-14-17-13-18(4-5-19(17)23(30)25-20-6-7-21(29)26-24(20)31)27-10-8-16(9-11-27)15-33-22-3-1-2-12-32-22/h4-5,13,16,20,22,28H,1-3,6-12,14-15H2,(H,25,30)(H,26,29,31). The van der Waals surface area contributed by atoms with Crippen molar-refractivity contribution in [1.29, 1.82) is 0 Å². The number of hydrogen-bond acceptors (Lipinski definition) is 7. The molecule has 0 aliphatic carbocycles. The maximum atomic E-state index is 12.7. The van der Waals surface area contributed by atoms with Crippen LogP contribution in [0.25, 0.3) is 0 Å². The molecule has 0 spiro atoms. The van der Waals surface area contributed by atoms with Gasteiger partial charge in [0.1, 0.15) is 6.04 Å². The molecule has 1 aromatic carbocycles. The number of carbonyl (C=O) groups excluding carboxylic acids is 3. The van der Waals surface area contributed by atoms with E-state index in [9.17, 15) is 19.5 Å². The zero-order valence-electron chi connectivity index (χ0n) is 18.9. The predicted molar refractivity (Wildman–Crippen MR) is 120 cm³/mol. The lowest BCUT2D eigenvalue weighted by Crippen LogP contribution is -2.52. The molecule has 0 radical (unpaired) electrons. The fraction of sp³-hybridized carbons (Fsp3) is 0.625. The Balaban J connectivity index is 1.31. The second-order valence-corrected chi connectivity index (χ2v) is 9.04. The number of nitrogens with zero attached hydrogens (tertiary/aromatic N) is 1. The molecule has 3 fully saturated rings. The summed E-state index contributed by atoms with van der Waals surface area (Å²) in [6.45, 7) is 2.99. The third-order valence-electron chi connectivity index (χ3n) is 6.68. The van der Waals surface area contributed by atoms with Gasteiger partial charge in [0.25, 0.3) is 5.91 Å². The molecule has 9 heteroatoms. The van der Waals surface area contributed by atoms with Crippen molar-refractivity contribution < 1.29 is 29.0 Å². The number of anilines is 1. The molecule has 3 amide bonds.